The second-order valence-corrected chi connectivity index (χ2v) is 2.42. The van der Waals surface area contributed by atoms with Crippen LogP contribution in [0.4, 0.5) is 0 Å². The van der Waals surface area contributed by atoms with E-state index >= 15 is 0 Å². The van der Waals surface area contributed by atoms with Crippen LogP contribution in [-0.2, 0) is 11.2 Å². The fraction of sp³-hybridized carbons (Fsp3) is 0.500. The molecule has 0 bridgehead atoms. The van der Waals surface area contributed by atoms with Crippen LogP contribution in [0.25, 0.3) is 0 Å². The summed E-state index contributed by atoms with van der Waals surface area (Å²) >= 11 is 0. The molecule has 4 heteroatoms. The van der Waals surface area contributed by atoms with E-state index in [4.69, 9.17) is 9.26 Å². The van der Waals surface area contributed by atoms with Gasteiger partial charge in [0, 0.05) is 20.1 Å². The van der Waals surface area contributed by atoms with Crippen LogP contribution in [0.5, 0.6) is 0 Å². The molecule has 0 fully saturated rings. The van der Waals surface area contributed by atoms with Crippen molar-refractivity contribution in [1.29, 1.82) is 0 Å². The highest BCUT2D eigenvalue weighted by atomic mass is 16.5. The fourth-order valence-corrected chi connectivity index (χ4v) is 0.935. The van der Waals surface area contributed by atoms with Crippen LogP contribution in [0.2, 0.25) is 0 Å². The van der Waals surface area contributed by atoms with Crippen LogP contribution in [0.3, 0.4) is 0 Å². The van der Waals surface area contributed by atoms with Gasteiger partial charge in [-0.15, -0.1) is 0 Å². The largest absolute Gasteiger partial charge is 0.385 e. The summed E-state index contributed by atoms with van der Waals surface area (Å²) in [6.45, 7) is 0.666. The van der Waals surface area contributed by atoms with Gasteiger partial charge in [-0.05, 0) is 6.42 Å². The number of methoxy groups -OCH3 is 1. The fourth-order valence-electron chi connectivity index (χ4n) is 0.935. The molecule has 12 heavy (non-hydrogen) atoms. The minimum Gasteiger partial charge on any atom is -0.385 e. The SMILES string of the molecule is COCCCc1oncc1C=O. The highest BCUT2D eigenvalue weighted by Gasteiger charge is 2.05. The van der Waals surface area contributed by atoms with Gasteiger partial charge in [0.05, 0.1) is 11.8 Å². The Bertz CT molecular complexity index is 244. The van der Waals surface area contributed by atoms with E-state index in [1.54, 1.807) is 7.11 Å². The molecule has 1 aromatic heterocycles. The first-order valence-electron chi connectivity index (χ1n) is 3.76. The molecule has 0 atom stereocenters. The molecule has 0 amide bonds. The summed E-state index contributed by atoms with van der Waals surface area (Å²) in [4.78, 5) is 10.4. The molecular formula is C8H11NO3. The van der Waals surface area contributed by atoms with E-state index < -0.39 is 0 Å². The van der Waals surface area contributed by atoms with Gasteiger partial charge in [-0.3, -0.25) is 4.79 Å². The summed E-state index contributed by atoms with van der Waals surface area (Å²) in [5.41, 5.74) is 0.533. The minimum absolute atomic E-state index is 0.533. The Balaban J connectivity index is 2.45. The molecule has 4 nitrogen and oxygen atoms in total. The van der Waals surface area contributed by atoms with Crippen molar-refractivity contribution in [1.82, 2.24) is 5.16 Å². The molecule has 0 aliphatic carbocycles. The van der Waals surface area contributed by atoms with E-state index in [0.717, 1.165) is 12.7 Å². The summed E-state index contributed by atoms with van der Waals surface area (Å²) in [6, 6.07) is 0. The molecule has 1 heterocycles. The maximum atomic E-state index is 10.4. The maximum Gasteiger partial charge on any atom is 0.155 e. The Morgan fingerprint density at radius 2 is 2.58 bits per heavy atom. The monoisotopic (exact) mass is 169 g/mol. The van der Waals surface area contributed by atoms with E-state index in [0.29, 0.717) is 24.4 Å². The molecule has 1 rings (SSSR count). The van der Waals surface area contributed by atoms with Gasteiger partial charge in [-0.2, -0.15) is 0 Å². The zero-order valence-corrected chi connectivity index (χ0v) is 6.95. The van der Waals surface area contributed by atoms with Gasteiger partial charge in [0.1, 0.15) is 5.76 Å². The molecule has 0 radical (unpaired) electrons. The molecule has 0 unspecified atom stereocenters. The molecule has 0 spiro atoms. The lowest BCUT2D eigenvalue weighted by molar-refractivity contribution is 0.112. The summed E-state index contributed by atoms with van der Waals surface area (Å²) in [6.07, 6.45) is 3.71. The molecule has 0 N–H and O–H groups in total. The van der Waals surface area contributed by atoms with Crippen LogP contribution < -0.4 is 0 Å². The first kappa shape index (κ1) is 8.93. The van der Waals surface area contributed by atoms with Crippen LogP contribution in [0.15, 0.2) is 10.7 Å². The van der Waals surface area contributed by atoms with Gasteiger partial charge in [0.25, 0.3) is 0 Å². The topological polar surface area (TPSA) is 52.3 Å². The average Bonchev–Trinajstić information content (AvgIpc) is 2.52. The Morgan fingerprint density at radius 1 is 1.75 bits per heavy atom. The van der Waals surface area contributed by atoms with Crippen LogP contribution in [0, 0.1) is 0 Å². The van der Waals surface area contributed by atoms with Crippen molar-refractivity contribution in [3.8, 4) is 0 Å². The number of nitrogens with zero attached hydrogens (tertiary/aromatic N) is 1. The molecule has 1 aromatic rings. The highest BCUT2D eigenvalue weighted by molar-refractivity contribution is 5.75. The lowest BCUT2D eigenvalue weighted by Gasteiger charge is -1.95. The molecular weight excluding hydrogens is 158 g/mol. The predicted molar refractivity (Wildman–Crippen MR) is 42.1 cm³/mol. The maximum absolute atomic E-state index is 10.4. The van der Waals surface area contributed by atoms with Crippen molar-refractivity contribution in [3.05, 3.63) is 17.5 Å². The summed E-state index contributed by atoms with van der Waals surface area (Å²) in [5, 5.41) is 3.52. The average molecular weight is 169 g/mol. The number of aryl methyl sites for hydroxylation is 1. The zero-order valence-electron chi connectivity index (χ0n) is 6.95. The van der Waals surface area contributed by atoms with Crippen LogP contribution >= 0.6 is 0 Å². The first-order chi connectivity index (χ1) is 5.88. The standard InChI is InChI=1S/C8H11NO3/c1-11-4-2-3-8-7(6-10)5-9-12-8/h5-6H,2-4H2,1H3. The number of hydrogen-bond donors (Lipinski definition) is 0. The molecule has 0 aliphatic heterocycles. The quantitative estimate of drug-likeness (QED) is 0.488. The van der Waals surface area contributed by atoms with Gasteiger partial charge < -0.3 is 9.26 Å². The number of rotatable bonds is 5. The predicted octanol–water partition coefficient (Wildman–Crippen LogP) is 1.07. The van der Waals surface area contributed by atoms with E-state index in [-0.39, 0.29) is 0 Å². The zero-order chi connectivity index (χ0) is 8.81. The number of aldehydes is 1. The van der Waals surface area contributed by atoms with Crippen LogP contribution in [0.1, 0.15) is 22.5 Å². The summed E-state index contributed by atoms with van der Waals surface area (Å²) in [5.74, 6) is 0.641. The van der Waals surface area contributed by atoms with Crippen molar-refractivity contribution in [2.45, 2.75) is 12.8 Å². The number of ether oxygens (including phenoxy) is 1. The number of hydrogen-bond acceptors (Lipinski definition) is 4. The van der Waals surface area contributed by atoms with Gasteiger partial charge in [-0.25, -0.2) is 0 Å². The van der Waals surface area contributed by atoms with Crippen molar-refractivity contribution in [2.24, 2.45) is 0 Å². The first-order valence-corrected chi connectivity index (χ1v) is 3.76. The molecule has 0 saturated heterocycles. The normalized spacial score (nSPS) is 10.1. The van der Waals surface area contributed by atoms with E-state index in [1.807, 2.05) is 0 Å². The Labute approximate surface area is 70.5 Å². The van der Waals surface area contributed by atoms with Gasteiger partial charge in [0.15, 0.2) is 6.29 Å². The minimum atomic E-state index is 0.533. The summed E-state index contributed by atoms with van der Waals surface area (Å²) < 4.78 is 9.73. The van der Waals surface area contributed by atoms with Crippen molar-refractivity contribution >= 4 is 6.29 Å². The molecule has 0 aliphatic rings. The third-order valence-electron chi connectivity index (χ3n) is 1.56. The Hall–Kier alpha value is -1.16. The lowest BCUT2D eigenvalue weighted by Crippen LogP contribution is -1.93. The molecule has 66 valence electrons. The second kappa shape index (κ2) is 4.66. The second-order valence-electron chi connectivity index (χ2n) is 2.42. The van der Waals surface area contributed by atoms with Gasteiger partial charge in [0.2, 0.25) is 0 Å². The lowest BCUT2D eigenvalue weighted by atomic mass is 10.2. The number of carbonyl (C=O) groups is 1. The van der Waals surface area contributed by atoms with Crippen molar-refractivity contribution in [3.63, 3.8) is 0 Å². The van der Waals surface area contributed by atoms with E-state index in [1.165, 1.54) is 6.20 Å². The smallest absolute Gasteiger partial charge is 0.155 e. The molecule has 0 aromatic carbocycles. The van der Waals surface area contributed by atoms with Gasteiger partial charge in [-0.1, -0.05) is 5.16 Å². The Kier molecular flexibility index (Phi) is 3.47. The van der Waals surface area contributed by atoms with Crippen LogP contribution in [-0.4, -0.2) is 25.2 Å². The molecule has 0 saturated carbocycles. The number of aromatic nitrogens is 1. The van der Waals surface area contributed by atoms with Gasteiger partial charge >= 0.3 is 0 Å². The Morgan fingerprint density at radius 3 is 3.25 bits per heavy atom. The van der Waals surface area contributed by atoms with E-state index in [9.17, 15) is 4.79 Å². The highest BCUT2D eigenvalue weighted by Crippen LogP contribution is 2.07. The van der Waals surface area contributed by atoms with Crippen molar-refractivity contribution in [2.75, 3.05) is 13.7 Å². The third-order valence-corrected chi connectivity index (χ3v) is 1.56. The van der Waals surface area contributed by atoms with E-state index in [2.05, 4.69) is 5.16 Å². The third kappa shape index (κ3) is 2.17. The number of carbonyl (C=O) groups excluding carboxylic acids is 1. The van der Waals surface area contributed by atoms with Crippen molar-refractivity contribution < 1.29 is 14.1 Å². The summed E-state index contributed by atoms with van der Waals surface area (Å²) in [7, 11) is 1.64.